The van der Waals surface area contributed by atoms with E-state index >= 15 is 0 Å². The van der Waals surface area contributed by atoms with Gasteiger partial charge in [0.2, 0.25) is 0 Å². The summed E-state index contributed by atoms with van der Waals surface area (Å²) in [6.45, 7) is 1.34. The number of hydrogen-bond donors (Lipinski definition) is 0. The highest BCUT2D eigenvalue weighted by Crippen LogP contribution is 2.35. The molecular formula is C21H18N2O4S. The summed E-state index contributed by atoms with van der Waals surface area (Å²) in [7, 11) is 1.61. The molecule has 0 bridgehead atoms. The fourth-order valence-electron chi connectivity index (χ4n) is 3.00. The van der Waals surface area contributed by atoms with Crippen LogP contribution in [0.4, 0.5) is 0 Å². The van der Waals surface area contributed by atoms with Gasteiger partial charge in [0.05, 0.1) is 30.3 Å². The molecule has 1 amide bonds. The zero-order valence-corrected chi connectivity index (χ0v) is 16.1. The lowest BCUT2D eigenvalue weighted by atomic mass is 10.1. The average molecular weight is 394 g/mol. The molecule has 0 fully saturated rings. The van der Waals surface area contributed by atoms with Gasteiger partial charge in [0.15, 0.2) is 16.3 Å². The number of methoxy groups -OCH3 is 1. The second-order valence-corrected chi connectivity index (χ2v) is 7.18. The molecule has 1 aliphatic rings. The smallest absolute Gasteiger partial charge is 0.252 e. The zero-order chi connectivity index (χ0) is 19.5. The molecule has 0 saturated heterocycles. The summed E-state index contributed by atoms with van der Waals surface area (Å²) >= 11 is 1.41. The van der Waals surface area contributed by atoms with Crippen molar-refractivity contribution in [2.45, 2.75) is 13.0 Å². The minimum atomic E-state index is -0.236. The molecule has 0 spiro atoms. The molecule has 0 atom stereocenters. The monoisotopic (exact) mass is 394 g/mol. The first-order valence-corrected chi connectivity index (χ1v) is 9.56. The second-order valence-electron chi connectivity index (χ2n) is 6.17. The maximum Gasteiger partial charge on any atom is 0.252 e. The summed E-state index contributed by atoms with van der Waals surface area (Å²) in [5.74, 6) is 4.52. The van der Waals surface area contributed by atoms with E-state index in [1.807, 2.05) is 41.0 Å². The van der Waals surface area contributed by atoms with Crippen LogP contribution in [-0.4, -0.2) is 30.8 Å². The Balaban J connectivity index is 1.70. The highest BCUT2D eigenvalue weighted by molar-refractivity contribution is 7.16. The topological polar surface area (TPSA) is 62.1 Å². The third kappa shape index (κ3) is 3.59. The van der Waals surface area contributed by atoms with Gasteiger partial charge in [-0.2, -0.15) is 4.99 Å². The van der Waals surface area contributed by atoms with Crippen molar-refractivity contribution in [2.24, 2.45) is 4.99 Å². The third-order valence-corrected chi connectivity index (χ3v) is 5.37. The fraction of sp³-hybridized carbons (Fsp3) is 0.238. The Morgan fingerprint density at radius 1 is 1.25 bits per heavy atom. The molecule has 3 aromatic rings. The predicted molar refractivity (Wildman–Crippen MR) is 107 cm³/mol. The number of nitrogens with zero attached hydrogens (tertiary/aromatic N) is 2. The lowest BCUT2D eigenvalue weighted by Gasteiger charge is -2.18. The van der Waals surface area contributed by atoms with Crippen LogP contribution in [0.3, 0.4) is 0 Å². The number of amides is 1. The van der Waals surface area contributed by atoms with Gasteiger partial charge in [-0.05, 0) is 17.7 Å². The van der Waals surface area contributed by atoms with Crippen LogP contribution in [0.2, 0.25) is 0 Å². The minimum Gasteiger partial charge on any atom is -0.497 e. The van der Waals surface area contributed by atoms with Crippen LogP contribution < -0.4 is 19.0 Å². The van der Waals surface area contributed by atoms with Gasteiger partial charge in [0.25, 0.3) is 5.91 Å². The van der Waals surface area contributed by atoms with Crippen molar-refractivity contribution in [2.75, 3.05) is 20.3 Å². The van der Waals surface area contributed by atoms with Crippen LogP contribution in [0.25, 0.3) is 10.2 Å². The van der Waals surface area contributed by atoms with Crippen molar-refractivity contribution in [3.05, 3.63) is 46.8 Å². The normalized spacial score (nSPS) is 13.4. The molecular weight excluding hydrogens is 376 g/mol. The van der Waals surface area contributed by atoms with Crippen molar-refractivity contribution >= 4 is 27.5 Å². The van der Waals surface area contributed by atoms with Gasteiger partial charge in [-0.25, -0.2) is 0 Å². The molecule has 2 heterocycles. The first kappa shape index (κ1) is 18.1. The van der Waals surface area contributed by atoms with Gasteiger partial charge in [-0.15, -0.1) is 6.42 Å². The summed E-state index contributed by atoms with van der Waals surface area (Å²) in [5, 5.41) is 0. The van der Waals surface area contributed by atoms with Gasteiger partial charge in [0.1, 0.15) is 19.0 Å². The van der Waals surface area contributed by atoms with E-state index in [4.69, 9.17) is 20.6 Å². The standard InChI is InChI=1S/C21H18N2O4S/c1-3-8-23-16-12-17-18(27-10-9-26-17)13-19(16)28-21(23)22-20(24)11-14-4-6-15(25-2)7-5-14/h1,4-7,12-13H,8-11H2,2H3. The number of hydrogen-bond acceptors (Lipinski definition) is 5. The van der Waals surface area contributed by atoms with Gasteiger partial charge in [-0.1, -0.05) is 29.4 Å². The number of thiazole rings is 1. The number of fused-ring (bicyclic) bond motifs is 2. The van der Waals surface area contributed by atoms with Crippen molar-refractivity contribution in [3.63, 3.8) is 0 Å². The van der Waals surface area contributed by atoms with Crippen molar-refractivity contribution in [1.82, 2.24) is 4.57 Å². The van der Waals surface area contributed by atoms with Gasteiger partial charge >= 0.3 is 0 Å². The van der Waals surface area contributed by atoms with Crippen LogP contribution >= 0.6 is 11.3 Å². The van der Waals surface area contributed by atoms with Gasteiger partial charge in [-0.3, -0.25) is 4.79 Å². The molecule has 1 aliphatic heterocycles. The van der Waals surface area contributed by atoms with E-state index in [0.717, 1.165) is 21.5 Å². The van der Waals surface area contributed by atoms with Crippen LogP contribution in [0.15, 0.2) is 41.4 Å². The number of carbonyl (C=O) groups excluding carboxylic acids is 1. The second kappa shape index (κ2) is 7.79. The molecule has 0 unspecified atom stereocenters. The van der Waals surface area contributed by atoms with Crippen LogP contribution in [0, 0.1) is 12.3 Å². The lowest BCUT2D eigenvalue weighted by Crippen LogP contribution is -2.17. The lowest BCUT2D eigenvalue weighted by molar-refractivity contribution is -0.117. The molecule has 2 aromatic carbocycles. The van der Waals surface area contributed by atoms with E-state index in [1.165, 1.54) is 11.3 Å². The number of terminal acetylenes is 1. The summed E-state index contributed by atoms with van der Waals surface area (Å²) in [6.07, 6.45) is 5.74. The van der Waals surface area contributed by atoms with E-state index in [-0.39, 0.29) is 12.3 Å². The number of benzene rings is 2. The number of carbonyl (C=O) groups is 1. The van der Waals surface area contributed by atoms with Crippen LogP contribution in [0.5, 0.6) is 17.2 Å². The Morgan fingerprint density at radius 2 is 1.96 bits per heavy atom. The third-order valence-electron chi connectivity index (χ3n) is 4.33. The number of ether oxygens (including phenoxy) is 3. The molecule has 6 nitrogen and oxygen atoms in total. The van der Waals surface area contributed by atoms with Gasteiger partial charge in [0, 0.05) is 12.1 Å². The van der Waals surface area contributed by atoms with Crippen molar-refractivity contribution < 1.29 is 19.0 Å². The van der Waals surface area contributed by atoms with Gasteiger partial charge < -0.3 is 18.8 Å². The Kier molecular flexibility index (Phi) is 5.04. The highest BCUT2D eigenvalue weighted by atomic mass is 32.1. The van der Waals surface area contributed by atoms with E-state index in [9.17, 15) is 4.79 Å². The summed E-state index contributed by atoms with van der Waals surface area (Å²) < 4.78 is 19.2. The summed E-state index contributed by atoms with van der Waals surface area (Å²) in [6, 6.07) is 11.2. The molecule has 0 aliphatic carbocycles. The van der Waals surface area contributed by atoms with Crippen LogP contribution in [0.1, 0.15) is 5.56 Å². The first-order chi connectivity index (χ1) is 13.7. The molecule has 0 saturated carbocycles. The van der Waals surface area contributed by atoms with E-state index in [2.05, 4.69) is 10.9 Å². The first-order valence-electron chi connectivity index (χ1n) is 8.75. The molecule has 142 valence electrons. The molecule has 7 heteroatoms. The Labute approximate surface area is 166 Å². The Bertz CT molecular complexity index is 1140. The molecule has 4 rings (SSSR count). The van der Waals surface area contributed by atoms with Crippen molar-refractivity contribution in [1.29, 1.82) is 0 Å². The number of rotatable bonds is 4. The highest BCUT2D eigenvalue weighted by Gasteiger charge is 2.16. The van der Waals surface area contributed by atoms with Crippen molar-refractivity contribution in [3.8, 4) is 29.6 Å². The molecule has 28 heavy (non-hydrogen) atoms. The fourth-order valence-corrected chi connectivity index (χ4v) is 4.06. The van der Waals surface area contributed by atoms with E-state index < -0.39 is 0 Å². The summed E-state index contributed by atoms with van der Waals surface area (Å²) in [4.78, 5) is 17.4. The maximum absolute atomic E-state index is 12.5. The molecule has 0 radical (unpaired) electrons. The molecule has 0 N–H and O–H groups in total. The van der Waals surface area contributed by atoms with E-state index in [0.29, 0.717) is 36.1 Å². The number of aromatic nitrogens is 1. The Hall–Kier alpha value is -3.24. The molecule has 1 aromatic heterocycles. The van der Waals surface area contributed by atoms with E-state index in [1.54, 1.807) is 7.11 Å². The summed E-state index contributed by atoms with van der Waals surface area (Å²) in [5.41, 5.74) is 1.75. The predicted octanol–water partition coefficient (Wildman–Crippen LogP) is 2.79. The maximum atomic E-state index is 12.5. The van der Waals surface area contributed by atoms with Crippen LogP contribution in [-0.2, 0) is 17.8 Å². The quantitative estimate of drug-likeness (QED) is 0.639. The Morgan fingerprint density at radius 3 is 2.64 bits per heavy atom. The average Bonchev–Trinajstić information content (AvgIpc) is 3.03. The minimum absolute atomic E-state index is 0.205. The zero-order valence-electron chi connectivity index (χ0n) is 15.3. The largest absolute Gasteiger partial charge is 0.497 e. The SMILES string of the molecule is C#CCn1c(=NC(=O)Cc2ccc(OC)cc2)sc2cc3c(cc21)OCCO3.